The Morgan fingerprint density at radius 3 is 2.33 bits per heavy atom. The Kier molecular flexibility index (Phi) is 5.66. The number of carbonyl (C=O) groups is 1. The maximum Gasteiger partial charge on any atom is 0.416 e. The van der Waals surface area contributed by atoms with Crippen molar-refractivity contribution in [2.75, 3.05) is 5.32 Å². The lowest BCUT2D eigenvalue weighted by atomic mass is 10.1. The van der Waals surface area contributed by atoms with Crippen LogP contribution in [-0.4, -0.2) is 29.8 Å². The van der Waals surface area contributed by atoms with Crippen LogP contribution in [0.5, 0.6) is 0 Å². The van der Waals surface area contributed by atoms with Gasteiger partial charge in [-0.2, -0.15) is 13.2 Å². The Bertz CT molecular complexity index is 1170. The number of aromatic nitrogens is 2. The standard InChI is InChI=1S/C19H16F3N3O4S/c1-11(2)30(27,28)15-8-6-12(7-9-15)17-24-25-18(29-17)23-16(26)13-4-3-5-14(10-13)19(20,21)22/h3-11H,1-2H3,(H,23,25,26). The van der Waals surface area contributed by atoms with Crippen LogP contribution in [-0.2, 0) is 16.0 Å². The third-order valence-electron chi connectivity index (χ3n) is 4.15. The molecule has 1 heterocycles. The van der Waals surface area contributed by atoms with Crippen molar-refractivity contribution in [1.29, 1.82) is 0 Å². The van der Waals surface area contributed by atoms with Crippen molar-refractivity contribution in [3.05, 3.63) is 59.7 Å². The van der Waals surface area contributed by atoms with Gasteiger partial charge in [0.05, 0.1) is 15.7 Å². The summed E-state index contributed by atoms with van der Waals surface area (Å²) in [5.41, 5.74) is -0.782. The maximum atomic E-state index is 12.8. The number of carbonyl (C=O) groups excluding carboxylic acids is 1. The molecule has 0 unspecified atom stereocenters. The molecule has 2 aromatic carbocycles. The molecule has 0 spiro atoms. The van der Waals surface area contributed by atoms with E-state index in [9.17, 15) is 26.4 Å². The van der Waals surface area contributed by atoms with Crippen LogP contribution >= 0.6 is 0 Å². The molecule has 0 bridgehead atoms. The molecule has 11 heteroatoms. The number of nitrogens with zero attached hydrogens (tertiary/aromatic N) is 2. The van der Waals surface area contributed by atoms with Crippen LogP contribution in [0.1, 0.15) is 29.8 Å². The lowest BCUT2D eigenvalue weighted by molar-refractivity contribution is -0.137. The van der Waals surface area contributed by atoms with Gasteiger partial charge in [0.1, 0.15) is 0 Å². The minimum atomic E-state index is -4.58. The van der Waals surface area contributed by atoms with Crippen LogP contribution in [0.25, 0.3) is 11.5 Å². The van der Waals surface area contributed by atoms with Gasteiger partial charge in [0.15, 0.2) is 9.84 Å². The maximum absolute atomic E-state index is 12.8. The van der Waals surface area contributed by atoms with E-state index >= 15 is 0 Å². The highest BCUT2D eigenvalue weighted by atomic mass is 32.2. The molecule has 0 saturated carbocycles. The number of alkyl halides is 3. The first-order chi connectivity index (χ1) is 14.0. The number of hydrogen-bond acceptors (Lipinski definition) is 6. The van der Waals surface area contributed by atoms with E-state index in [1.807, 2.05) is 0 Å². The lowest BCUT2D eigenvalue weighted by Crippen LogP contribution is -2.14. The zero-order valence-electron chi connectivity index (χ0n) is 15.8. The Balaban J connectivity index is 1.76. The summed E-state index contributed by atoms with van der Waals surface area (Å²) in [6.45, 7) is 3.14. The number of rotatable bonds is 5. The molecule has 1 amide bonds. The summed E-state index contributed by atoms with van der Waals surface area (Å²) < 4.78 is 68.0. The first kappa shape index (κ1) is 21.5. The first-order valence-electron chi connectivity index (χ1n) is 8.65. The van der Waals surface area contributed by atoms with Gasteiger partial charge in [0, 0.05) is 11.1 Å². The Hall–Kier alpha value is -3.21. The van der Waals surface area contributed by atoms with Crippen molar-refractivity contribution < 1.29 is 30.8 Å². The van der Waals surface area contributed by atoms with E-state index in [1.54, 1.807) is 13.8 Å². The number of halogens is 3. The second-order valence-electron chi connectivity index (χ2n) is 6.56. The summed E-state index contributed by atoms with van der Waals surface area (Å²) in [6.07, 6.45) is -4.58. The van der Waals surface area contributed by atoms with Gasteiger partial charge in [-0.1, -0.05) is 11.2 Å². The average molecular weight is 439 g/mol. The van der Waals surface area contributed by atoms with E-state index in [1.165, 1.54) is 30.3 Å². The normalized spacial score (nSPS) is 12.2. The van der Waals surface area contributed by atoms with E-state index in [-0.39, 0.29) is 22.4 Å². The van der Waals surface area contributed by atoms with Gasteiger partial charge < -0.3 is 4.42 Å². The summed E-state index contributed by atoms with van der Waals surface area (Å²) in [4.78, 5) is 12.3. The molecule has 158 valence electrons. The van der Waals surface area contributed by atoms with Crippen molar-refractivity contribution >= 4 is 21.8 Å². The smallest absolute Gasteiger partial charge is 0.403 e. The van der Waals surface area contributed by atoms with Gasteiger partial charge in [-0.05, 0) is 56.3 Å². The van der Waals surface area contributed by atoms with Gasteiger partial charge in [0.25, 0.3) is 5.91 Å². The number of hydrogen-bond donors (Lipinski definition) is 1. The molecule has 1 N–H and O–H groups in total. The van der Waals surface area contributed by atoms with E-state index in [0.717, 1.165) is 12.1 Å². The minimum Gasteiger partial charge on any atom is -0.403 e. The van der Waals surface area contributed by atoms with Crippen LogP contribution in [0.4, 0.5) is 19.2 Å². The highest BCUT2D eigenvalue weighted by Crippen LogP contribution is 2.30. The molecule has 3 rings (SSSR count). The van der Waals surface area contributed by atoms with Gasteiger partial charge in [0.2, 0.25) is 5.89 Å². The van der Waals surface area contributed by atoms with E-state index in [0.29, 0.717) is 11.6 Å². The van der Waals surface area contributed by atoms with Crippen LogP contribution in [0.2, 0.25) is 0 Å². The average Bonchev–Trinajstić information content (AvgIpc) is 3.16. The van der Waals surface area contributed by atoms with Crippen LogP contribution in [0, 0.1) is 0 Å². The molecule has 0 aliphatic rings. The van der Waals surface area contributed by atoms with Gasteiger partial charge in [-0.15, -0.1) is 5.10 Å². The Labute approximate surface area is 169 Å². The molecular weight excluding hydrogens is 423 g/mol. The van der Waals surface area contributed by atoms with Gasteiger partial charge >= 0.3 is 12.2 Å². The summed E-state index contributed by atoms with van der Waals surface area (Å²) in [6, 6.07) is 9.32. The van der Waals surface area contributed by atoms with Crippen molar-refractivity contribution in [2.24, 2.45) is 0 Å². The number of benzene rings is 2. The van der Waals surface area contributed by atoms with E-state index in [4.69, 9.17) is 4.42 Å². The molecule has 30 heavy (non-hydrogen) atoms. The second-order valence-corrected chi connectivity index (χ2v) is 9.07. The van der Waals surface area contributed by atoms with E-state index in [2.05, 4.69) is 15.5 Å². The summed E-state index contributed by atoms with van der Waals surface area (Å²) in [7, 11) is -3.43. The van der Waals surface area contributed by atoms with Crippen molar-refractivity contribution in [2.45, 2.75) is 30.2 Å². The zero-order valence-corrected chi connectivity index (χ0v) is 16.6. The highest BCUT2D eigenvalue weighted by molar-refractivity contribution is 7.92. The van der Waals surface area contributed by atoms with Gasteiger partial charge in [-0.25, -0.2) is 8.42 Å². The molecule has 0 aliphatic heterocycles. The van der Waals surface area contributed by atoms with Crippen molar-refractivity contribution in [3.63, 3.8) is 0 Å². The predicted octanol–water partition coefficient (Wildman–Crippen LogP) is 4.19. The first-order valence-corrected chi connectivity index (χ1v) is 10.2. The lowest BCUT2D eigenvalue weighted by Gasteiger charge is -2.08. The van der Waals surface area contributed by atoms with Crippen LogP contribution < -0.4 is 5.32 Å². The highest BCUT2D eigenvalue weighted by Gasteiger charge is 2.31. The summed E-state index contributed by atoms with van der Waals surface area (Å²) in [5.74, 6) is -0.850. The SMILES string of the molecule is CC(C)S(=O)(=O)c1ccc(-c2nnc(NC(=O)c3cccc(C(F)(F)F)c3)o2)cc1. The van der Waals surface area contributed by atoms with Crippen LogP contribution in [0.3, 0.4) is 0 Å². The van der Waals surface area contributed by atoms with Crippen LogP contribution in [0.15, 0.2) is 57.8 Å². The Morgan fingerprint density at radius 1 is 1.07 bits per heavy atom. The molecule has 7 nitrogen and oxygen atoms in total. The molecule has 0 radical (unpaired) electrons. The number of anilines is 1. The quantitative estimate of drug-likeness (QED) is 0.640. The molecule has 0 atom stereocenters. The minimum absolute atomic E-state index is 0.00263. The summed E-state index contributed by atoms with van der Waals surface area (Å²) in [5, 5.41) is 9.05. The number of nitrogens with one attached hydrogen (secondary N) is 1. The number of amides is 1. The molecule has 0 fully saturated rings. The number of sulfone groups is 1. The fourth-order valence-corrected chi connectivity index (χ4v) is 3.52. The van der Waals surface area contributed by atoms with Crippen molar-refractivity contribution in [3.8, 4) is 11.5 Å². The molecule has 0 saturated heterocycles. The largest absolute Gasteiger partial charge is 0.416 e. The molecular formula is C19H16F3N3O4S. The molecule has 3 aromatic rings. The van der Waals surface area contributed by atoms with Crippen molar-refractivity contribution in [1.82, 2.24) is 10.2 Å². The Morgan fingerprint density at radius 2 is 1.73 bits per heavy atom. The van der Waals surface area contributed by atoms with E-state index < -0.39 is 32.7 Å². The molecule has 0 aliphatic carbocycles. The third-order valence-corrected chi connectivity index (χ3v) is 6.32. The van der Waals surface area contributed by atoms with Gasteiger partial charge in [-0.3, -0.25) is 10.1 Å². The molecule has 1 aromatic heterocycles. The monoisotopic (exact) mass is 439 g/mol. The predicted molar refractivity (Wildman–Crippen MR) is 101 cm³/mol. The fourth-order valence-electron chi connectivity index (χ4n) is 2.46. The zero-order chi connectivity index (χ0) is 22.1. The fraction of sp³-hybridized carbons (Fsp3) is 0.211. The summed E-state index contributed by atoms with van der Waals surface area (Å²) >= 11 is 0. The second kappa shape index (κ2) is 7.90. The topological polar surface area (TPSA) is 102 Å². The third kappa shape index (κ3) is 4.51.